The van der Waals surface area contributed by atoms with E-state index < -0.39 is 10.9 Å². The summed E-state index contributed by atoms with van der Waals surface area (Å²) in [5, 5.41) is 15.3. The Hall–Kier alpha value is -3.48. The molecule has 0 N–H and O–H groups in total. The normalized spacial score (nSPS) is 10.7. The van der Waals surface area contributed by atoms with Crippen molar-refractivity contribution >= 4 is 11.7 Å². The fraction of sp³-hybridized carbons (Fsp3) is 0.158. The lowest BCUT2D eigenvalue weighted by molar-refractivity contribution is -0.384. The Kier molecular flexibility index (Phi) is 4.79. The van der Waals surface area contributed by atoms with Crippen LogP contribution in [0.2, 0.25) is 0 Å². The predicted molar refractivity (Wildman–Crippen MR) is 95.7 cm³/mol. The molecule has 0 saturated carbocycles. The summed E-state index contributed by atoms with van der Waals surface area (Å²) in [5.41, 5.74) is 1.72. The first kappa shape index (κ1) is 17.3. The van der Waals surface area contributed by atoms with Crippen LogP contribution in [0.3, 0.4) is 0 Å². The van der Waals surface area contributed by atoms with E-state index in [4.69, 9.17) is 4.74 Å². The number of non-ortho nitro benzene ring substituents is 1. The summed E-state index contributed by atoms with van der Waals surface area (Å²) >= 11 is 0. The average molecular weight is 351 g/mol. The number of aromatic nitrogens is 2. The first-order chi connectivity index (χ1) is 12.5. The second kappa shape index (κ2) is 7.18. The zero-order chi connectivity index (χ0) is 18.7. The Morgan fingerprint density at radius 1 is 1.12 bits per heavy atom. The van der Waals surface area contributed by atoms with Crippen molar-refractivity contribution in [1.82, 2.24) is 9.78 Å². The van der Waals surface area contributed by atoms with Crippen molar-refractivity contribution in [2.75, 3.05) is 0 Å². The van der Waals surface area contributed by atoms with Gasteiger partial charge in [-0.3, -0.25) is 10.1 Å². The quantitative estimate of drug-likeness (QED) is 0.392. The molecule has 0 amide bonds. The van der Waals surface area contributed by atoms with Crippen molar-refractivity contribution in [2.24, 2.45) is 0 Å². The number of hydrogen-bond donors (Lipinski definition) is 0. The first-order valence-electron chi connectivity index (χ1n) is 8.07. The van der Waals surface area contributed by atoms with Gasteiger partial charge in [-0.05, 0) is 30.2 Å². The molecule has 0 bridgehead atoms. The topological polar surface area (TPSA) is 87.3 Å². The molecule has 132 valence electrons. The molecule has 7 heteroatoms. The molecular weight excluding hydrogens is 334 g/mol. The maximum atomic E-state index is 12.4. The maximum Gasteiger partial charge on any atom is 0.344 e. The highest BCUT2D eigenvalue weighted by molar-refractivity contribution is 5.90. The molecule has 3 aromatic rings. The van der Waals surface area contributed by atoms with Gasteiger partial charge in [-0.2, -0.15) is 5.10 Å². The van der Waals surface area contributed by atoms with Crippen LogP contribution in [0.15, 0.2) is 60.7 Å². The van der Waals surface area contributed by atoms with Gasteiger partial charge in [-0.15, -0.1) is 0 Å². The molecule has 1 heterocycles. The molecule has 3 rings (SSSR count). The second-order valence-electron chi connectivity index (χ2n) is 6.00. The van der Waals surface area contributed by atoms with Crippen molar-refractivity contribution < 1.29 is 14.5 Å². The minimum Gasteiger partial charge on any atom is -0.404 e. The van der Waals surface area contributed by atoms with Gasteiger partial charge in [-0.1, -0.05) is 32.0 Å². The number of nitro benzene ring substituents is 1. The summed E-state index contributed by atoms with van der Waals surface area (Å²) in [4.78, 5) is 22.7. The van der Waals surface area contributed by atoms with Gasteiger partial charge in [0.15, 0.2) is 0 Å². The highest BCUT2D eigenvalue weighted by Gasteiger charge is 2.18. The molecule has 2 aromatic carbocycles. The largest absolute Gasteiger partial charge is 0.404 e. The first-order valence-corrected chi connectivity index (χ1v) is 8.07. The van der Waals surface area contributed by atoms with Crippen molar-refractivity contribution in [3.05, 3.63) is 82.0 Å². The van der Waals surface area contributed by atoms with Crippen LogP contribution in [-0.2, 0) is 0 Å². The molecule has 0 spiro atoms. The summed E-state index contributed by atoms with van der Waals surface area (Å²) in [5.74, 6) is -0.108. The Bertz CT molecular complexity index is 931. The fourth-order valence-corrected chi connectivity index (χ4v) is 2.36. The SMILES string of the molecule is CC(C)c1cc(OC(=O)c2ccccc2)n(-c2ccc([N+](=O)[O-])cc2)n1. The highest BCUT2D eigenvalue weighted by atomic mass is 16.6. The molecular formula is C19H17N3O4. The Labute approximate surface area is 150 Å². The smallest absolute Gasteiger partial charge is 0.344 e. The maximum absolute atomic E-state index is 12.4. The van der Waals surface area contributed by atoms with Crippen molar-refractivity contribution in [3.63, 3.8) is 0 Å². The van der Waals surface area contributed by atoms with E-state index in [1.54, 1.807) is 42.5 Å². The summed E-state index contributed by atoms with van der Waals surface area (Å²) < 4.78 is 6.99. The summed E-state index contributed by atoms with van der Waals surface area (Å²) in [6.07, 6.45) is 0. The number of ether oxygens (including phenoxy) is 1. The van der Waals surface area contributed by atoms with E-state index in [1.165, 1.54) is 16.8 Å². The average Bonchev–Trinajstić information content (AvgIpc) is 3.06. The van der Waals surface area contributed by atoms with Gasteiger partial charge in [0, 0.05) is 18.2 Å². The van der Waals surface area contributed by atoms with Gasteiger partial charge < -0.3 is 4.74 Å². The van der Waals surface area contributed by atoms with E-state index in [0.717, 1.165) is 5.69 Å². The molecule has 0 aliphatic heterocycles. The van der Waals surface area contributed by atoms with Crippen LogP contribution >= 0.6 is 0 Å². The van der Waals surface area contributed by atoms with Gasteiger partial charge in [-0.25, -0.2) is 9.48 Å². The minimum atomic E-state index is -0.496. The Morgan fingerprint density at radius 3 is 2.35 bits per heavy atom. The third kappa shape index (κ3) is 3.61. The molecule has 0 radical (unpaired) electrons. The lowest BCUT2D eigenvalue weighted by Gasteiger charge is -2.08. The van der Waals surface area contributed by atoms with Gasteiger partial charge in [0.25, 0.3) is 5.69 Å². The Balaban J connectivity index is 1.96. The number of esters is 1. The highest BCUT2D eigenvalue weighted by Crippen LogP contribution is 2.25. The number of benzene rings is 2. The predicted octanol–water partition coefficient (Wildman–Crippen LogP) is 4.12. The van der Waals surface area contributed by atoms with Crippen LogP contribution in [0.25, 0.3) is 5.69 Å². The summed E-state index contributed by atoms with van der Waals surface area (Å²) in [6, 6.07) is 16.2. The van der Waals surface area contributed by atoms with E-state index in [-0.39, 0.29) is 17.5 Å². The minimum absolute atomic E-state index is 0.0205. The van der Waals surface area contributed by atoms with Crippen LogP contribution in [0, 0.1) is 10.1 Å². The lowest BCUT2D eigenvalue weighted by Crippen LogP contribution is -2.11. The van der Waals surface area contributed by atoms with Crippen molar-refractivity contribution in [1.29, 1.82) is 0 Å². The zero-order valence-electron chi connectivity index (χ0n) is 14.3. The van der Waals surface area contributed by atoms with Crippen LogP contribution in [0.1, 0.15) is 35.8 Å². The van der Waals surface area contributed by atoms with Gasteiger partial charge in [0.2, 0.25) is 5.88 Å². The molecule has 0 saturated heterocycles. The third-order valence-electron chi connectivity index (χ3n) is 3.80. The summed E-state index contributed by atoms with van der Waals surface area (Å²) in [7, 11) is 0. The second-order valence-corrected chi connectivity index (χ2v) is 6.00. The molecule has 0 aliphatic rings. The van der Waals surface area contributed by atoms with Crippen LogP contribution in [0.4, 0.5) is 5.69 Å². The summed E-state index contributed by atoms with van der Waals surface area (Å²) in [6.45, 7) is 3.95. The Morgan fingerprint density at radius 2 is 1.77 bits per heavy atom. The van der Waals surface area contributed by atoms with Crippen LogP contribution in [-0.4, -0.2) is 20.7 Å². The number of carbonyl (C=O) groups is 1. The van der Waals surface area contributed by atoms with E-state index >= 15 is 0 Å². The zero-order valence-corrected chi connectivity index (χ0v) is 14.3. The lowest BCUT2D eigenvalue weighted by atomic mass is 10.1. The number of nitrogens with zero attached hydrogens (tertiary/aromatic N) is 3. The number of hydrogen-bond acceptors (Lipinski definition) is 5. The monoisotopic (exact) mass is 351 g/mol. The van der Waals surface area contributed by atoms with Gasteiger partial charge in [0.1, 0.15) is 0 Å². The fourth-order valence-electron chi connectivity index (χ4n) is 2.36. The molecule has 0 atom stereocenters. The molecule has 1 aromatic heterocycles. The number of nitro groups is 1. The van der Waals surface area contributed by atoms with Gasteiger partial charge in [0.05, 0.1) is 21.9 Å². The number of carbonyl (C=O) groups excluding carboxylic acids is 1. The molecule has 7 nitrogen and oxygen atoms in total. The standard InChI is InChI=1S/C19H17N3O4/c1-13(2)17-12-18(26-19(23)14-6-4-3-5-7-14)21(20-17)15-8-10-16(11-9-15)22(24)25/h3-13H,1-2H3. The van der Waals surface area contributed by atoms with Crippen LogP contribution in [0.5, 0.6) is 5.88 Å². The number of rotatable bonds is 5. The third-order valence-corrected chi connectivity index (χ3v) is 3.80. The van der Waals surface area contributed by atoms with Crippen molar-refractivity contribution in [3.8, 4) is 11.6 Å². The molecule has 0 fully saturated rings. The van der Waals surface area contributed by atoms with Crippen LogP contribution < -0.4 is 4.74 Å². The molecule has 0 aliphatic carbocycles. The molecule has 26 heavy (non-hydrogen) atoms. The van der Waals surface area contributed by atoms with Crippen molar-refractivity contribution in [2.45, 2.75) is 19.8 Å². The van der Waals surface area contributed by atoms with E-state index in [9.17, 15) is 14.9 Å². The van der Waals surface area contributed by atoms with E-state index in [2.05, 4.69) is 5.10 Å². The van der Waals surface area contributed by atoms with E-state index in [1.807, 2.05) is 19.9 Å². The van der Waals surface area contributed by atoms with Gasteiger partial charge >= 0.3 is 5.97 Å². The van der Waals surface area contributed by atoms with E-state index in [0.29, 0.717) is 11.3 Å². The molecule has 0 unspecified atom stereocenters.